The van der Waals surface area contributed by atoms with Gasteiger partial charge in [-0.2, -0.15) is 0 Å². The van der Waals surface area contributed by atoms with Crippen molar-refractivity contribution in [3.8, 4) is 0 Å². The number of hydrogen-bond acceptors (Lipinski definition) is 11. The summed E-state index contributed by atoms with van der Waals surface area (Å²) in [6, 6.07) is 0. The van der Waals surface area contributed by atoms with Crippen molar-refractivity contribution in [3.05, 3.63) is 0 Å². The van der Waals surface area contributed by atoms with Crippen LogP contribution in [0.4, 0.5) is 0 Å². The van der Waals surface area contributed by atoms with Crippen LogP contribution in [0.5, 0.6) is 0 Å². The van der Waals surface area contributed by atoms with Gasteiger partial charge in [0.25, 0.3) is 0 Å². The van der Waals surface area contributed by atoms with E-state index in [0.29, 0.717) is 6.42 Å². The van der Waals surface area contributed by atoms with E-state index in [-0.39, 0.29) is 6.42 Å². The highest BCUT2D eigenvalue weighted by atomic mass is 16.7. The van der Waals surface area contributed by atoms with Gasteiger partial charge in [-0.25, -0.2) is 0 Å². The van der Waals surface area contributed by atoms with Crippen molar-refractivity contribution in [3.63, 3.8) is 0 Å². The van der Waals surface area contributed by atoms with Crippen molar-refractivity contribution in [1.82, 2.24) is 0 Å². The second-order valence-corrected chi connectivity index (χ2v) is 10.6. The summed E-state index contributed by atoms with van der Waals surface area (Å²) < 4.78 is 16.4. The summed E-state index contributed by atoms with van der Waals surface area (Å²) in [5.41, 5.74) is 0. The van der Waals surface area contributed by atoms with Gasteiger partial charge in [0.15, 0.2) is 12.1 Å². The van der Waals surface area contributed by atoms with Gasteiger partial charge in [0.2, 0.25) is 0 Å². The number of rotatable bonds is 17. The van der Waals surface area contributed by atoms with Crippen molar-refractivity contribution in [2.75, 3.05) is 13.2 Å². The van der Waals surface area contributed by atoms with E-state index in [1.165, 1.54) is 51.4 Å². The minimum absolute atomic E-state index is 0.0475. The van der Waals surface area contributed by atoms with Crippen molar-refractivity contribution in [2.24, 2.45) is 0 Å². The van der Waals surface area contributed by atoms with E-state index in [9.17, 15) is 40.9 Å². The van der Waals surface area contributed by atoms with E-state index < -0.39 is 74.1 Å². The first-order chi connectivity index (χ1) is 17.7. The Morgan fingerprint density at radius 2 is 1.16 bits per heavy atom. The maximum Gasteiger partial charge on any atom is 0.195 e. The molecule has 2 fully saturated rings. The van der Waals surface area contributed by atoms with Gasteiger partial charge in [-0.3, -0.25) is 0 Å². The second-order valence-electron chi connectivity index (χ2n) is 10.6. The molecule has 2 aliphatic rings. The monoisotopic (exact) mass is 538 g/mol. The largest absolute Gasteiger partial charge is 0.394 e. The van der Waals surface area contributed by atoms with Gasteiger partial charge < -0.3 is 55.1 Å². The van der Waals surface area contributed by atoms with Crippen molar-refractivity contribution >= 4 is 0 Å². The highest BCUT2D eigenvalue weighted by Gasteiger charge is 2.55. The van der Waals surface area contributed by atoms with Crippen LogP contribution >= 0.6 is 0 Å². The van der Waals surface area contributed by atoms with Crippen LogP contribution in [0.3, 0.4) is 0 Å². The Morgan fingerprint density at radius 3 is 1.68 bits per heavy atom. The molecule has 2 rings (SSSR count). The first-order valence-electron chi connectivity index (χ1n) is 14.0. The summed E-state index contributed by atoms with van der Waals surface area (Å²) in [4.78, 5) is 0. The zero-order valence-electron chi connectivity index (χ0n) is 22.1. The molecule has 0 aromatic carbocycles. The minimum atomic E-state index is -2.10. The maximum absolute atomic E-state index is 10.9. The van der Waals surface area contributed by atoms with Gasteiger partial charge in [0.1, 0.15) is 48.8 Å². The summed E-state index contributed by atoms with van der Waals surface area (Å²) in [5, 5.41) is 81.5. The Labute approximate surface area is 220 Å². The first kappa shape index (κ1) is 32.8. The fraction of sp³-hybridized carbons (Fsp3) is 1.00. The lowest BCUT2D eigenvalue weighted by Crippen LogP contribution is -2.68. The molecule has 37 heavy (non-hydrogen) atoms. The molecule has 0 saturated carbocycles. The van der Waals surface area contributed by atoms with Gasteiger partial charge in [-0.05, 0) is 6.42 Å². The Kier molecular flexibility index (Phi) is 14.7. The van der Waals surface area contributed by atoms with Crippen LogP contribution in [0, 0.1) is 0 Å². The molecular formula is C26H50O11. The molecule has 10 atom stereocenters. The van der Waals surface area contributed by atoms with E-state index >= 15 is 0 Å². The highest BCUT2D eigenvalue weighted by molar-refractivity contribution is 4.98. The van der Waals surface area contributed by atoms with Crippen LogP contribution in [0.25, 0.3) is 0 Å². The molecule has 0 spiro atoms. The quantitative estimate of drug-likeness (QED) is 0.117. The predicted octanol–water partition coefficient (Wildman–Crippen LogP) is 0.0642. The maximum atomic E-state index is 10.9. The Balaban J connectivity index is 1.78. The number of unbranched alkanes of at least 4 members (excludes halogenated alkanes) is 11. The lowest BCUT2D eigenvalue weighted by molar-refractivity contribution is -0.384. The molecule has 0 radical (unpaired) electrons. The van der Waals surface area contributed by atoms with E-state index in [0.717, 1.165) is 19.3 Å². The average molecular weight is 539 g/mol. The zero-order valence-corrected chi connectivity index (χ0v) is 22.1. The molecule has 11 nitrogen and oxygen atoms in total. The fourth-order valence-corrected chi connectivity index (χ4v) is 5.14. The van der Waals surface area contributed by atoms with Gasteiger partial charge in [0.05, 0.1) is 13.2 Å². The molecular weight excluding hydrogens is 488 g/mol. The lowest BCUT2D eigenvalue weighted by atomic mass is 9.89. The Morgan fingerprint density at radius 1 is 0.649 bits per heavy atom. The average Bonchev–Trinajstić information content (AvgIpc) is 2.89. The molecule has 0 amide bonds. The smallest absolute Gasteiger partial charge is 0.195 e. The van der Waals surface area contributed by atoms with E-state index in [1.807, 2.05) is 0 Å². The summed E-state index contributed by atoms with van der Waals surface area (Å²) >= 11 is 0. The molecule has 8 N–H and O–H groups in total. The molecule has 2 saturated heterocycles. The lowest BCUT2D eigenvalue weighted by Gasteiger charge is -2.49. The van der Waals surface area contributed by atoms with E-state index in [2.05, 4.69) is 6.92 Å². The number of aliphatic hydroxyl groups is 8. The molecule has 0 aliphatic carbocycles. The highest BCUT2D eigenvalue weighted by Crippen LogP contribution is 2.35. The molecule has 1 unspecified atom stereocenters. The van der Waals surface area contributed by atoms with Crippen molar-refractivity contribution in [2.45, 2.75) is 151 Å². The second kappa shape index (κ2) is 16.6. The Bertz CT molecular complexity index is 607. The molecule has 2 heterocycles. The standard InChI is InChI=1S/C26H50O11/c1-2-3-4-5-6-7-8-9-10-11-12-13-14-26(34)24(33)22(32)23(18(16-28)37-26)36-25-21(31)20(30)19(29)17(15-27)35-25/h17-25,27-34H,2-16H2,1H3/t17-,18-,19+,20+,21-,22+,23-,24-,25+,26?/m1/s1. The third-order valence-electron chi connectivity index (χ3n) is 7.55. The minimum Gasteiger partial charge on any atom is -0.394 e. The third-order valence-corrected chi connectivity index (χ3v) is 7.55. The molecule has 2 aliphatic heterocycles. The zero-order chi connectivity index (χ0) is 27.4. The summed E-state index contributed by atoms with van der Waals surface area (Å²) in [7, 11) is 0. The van der Waals surface area contributed by atoms with Crippen molar-refractivity contribution in [1.29, 1.82) is 0 Å². The molecule has 0 aromatic heterocycles. The number of hydrogen-bond donors (Lipinski definition) is 8. The number of ether oxygens (including phenoxy) is 3. The molecule has 0 bridgehead atoms. The topological polar surface area (TPSA) is 190 Å². The van der Waals surface area contributed by atoms with Crippen LogP contribution in [-0.4, -0.2) is 115 Å². The van der Waals surface area contributed by atoms with Gasteiger partial charge in [0, 0.05) is 6.42 Å². The van der Waals surface area contributed by atoms with Gasteiger partial charge in [-0.1, -0.05) is 77.6 Å². The summed E-state index contributed by atoms with van der Waals surface area (Å²) in [6.45, 7) is 0.873. The summed E-state index contributed by atoms with van der Waals surface area (Å²) in [6.07, 6.45) is -0.393. The molecule has 0 aromatic rings. The molecule has 220 valence electrons. The summed E-state index contributed by atoms with van der Waals surface area (Å²) in [5.74, 6) is -2.10. The van der Waals surface area contributed by atoms with Gasteiger partial charge >= 0.3 is 0 Å². The van der Waals surface area contributed by atoms with Crippen LogP contribution in [-0.2, 0) is 14.2 Å². The van der Waals surface area contributed by atoms with E-state index in [1.54, 1.807) is 0 Å². The normalized spacial score (nSPS) is 38.7. The fourth-order valence-electron chi connectivity index (χ4n) is 5.14. The number of aliphatic hydroxyl groups excluding tert-OH is 7. The predicted molar refractivity (Wildman–Crippen MR) is 133 cm³/mol. The van der Waals surface area contributed by atoms with Crippen LogP contribution in [0.2, 0.25) is 0 Å². The van der Waals surface area contributed by atoms with Crippen molar-refractivity contribution < 1.29 is 55.1 Å². The SMILES string of the molecule is CCCCCCCCCCCCCCC1(O)O[C@H](CO)[C@@H](O[C@@H]2O[C@H](CO)[C@H](O)[C@H](O)[C@H]2O)[C@H](O)[C@H]1O. The van der Waals surface area contributed by atoms with Crippen LogP contribution in [0.15, 0.2) is 0 Å². The molecule has 11 heteroatoms. The van der Waals surface area contributed by atoms with Crippen LogP contribution < -0.4 is 0 Å². The Hall–Kier alpha value is -0.440. The first-order valence-corrected chi connectivity index (χ1v) is 14.0. The van der Waals surface area contributed by atoms with Gasteiger partial charge in [-0.15, -0.1) is 0 Å². The third kappa shape index (κ3) is 9.32. The van der Waals surface area contributed by atoms with Crippen LogP contribution in [0.1, 0.15) is 90.4 Å². The van der Waals surface area contributed by atoms with E-state index in [4.69, 9.17) is 14.2 Å².